The number of nitrogens with zero attached hydrogens (tertiary/aromatic N) is 1. The number of allylic oxidation sites excluding steroid dienone is 4. The zero-order valence-corrected chi connectivity index (χ0v) is 10.4. The standard InChI is InChI=1S/C14H17NO2/c1-4-13(8-7-11(2)3)17-14-12(10-16)6-5-9-15-14/h5-10H,4H2,1-3H3/b13-8+. The summed E-state index contributed by atoms with van der Waals surface area (Å²) < 4.78 is 5.61. The molecule has 1 rings (SSSR count). The zero-order valence-electron chi connectivity index (χ0n) is 10.4. The lowest BCUT2D eigenvalue weighted by molar-refractivity contribution is 0.112. The van der Waals surface area contributed by atoms with E-state index in [9.17, 15) is 4.79 Å². The Hall–Kier alpha value is -1.90. The molecule has 0 N–H and O–H groups in total. The average molecular weight is 231 g/mol. The number of pyridine rings is 1. The molecule has 0 fully saturated rings. The van der Waals surface area contributed by atoms with Crippen molar-refractivity contribution in [3.63, 3.8) is 0 Å². The summed E-state index contributed by atoms with van der Waals surface area (Å²) in [5.41, 5.74) is 1.65. The van der Waals surface area contributed by atoms with Gasteiger partial charge >= 0.3 is 0 Å². The predicted octanol–water partition coefficient (Wildman–Crippen LogP) is 3.53. The molecular formula is C14H17NO2. The predicted molar refractivity (Wildman–Crippen MR) is 68.1 cm³/mol. The third kappa shape index (κ3) is 4.23. The molecule has 1 aromatic rings. The van der Waals surface area contributed by atoms with Gasteiger partial charge in [-0.2, -0.15) is 0 Å². The molecule has 1 heterocycles. The van der Waals surface area contributed by atoms with Crippen LogP contribution in [0.3, 0.4) is 0 Å². The summed E-state index contributed by atoms with van der Waals surface area (Å²) in [6.07, 6.45) is 6.98. The molecule has 0 unspecified atom stereocenters. The van der Waals surface area contributed by atoms with Crippen molar-refractivity contribution in [3.8, 4) is 5.88 Å². The normalized spacial score (nSPS) is 10.9. The van der Waals surface area contributed by atoms with Crippen molar-refractivity contribution in [1.82, 2.24) is 4.98 Å². The summed E-state index contributed by atoms with van der Waals surface area (Å²) in [5, 5.41) is 0. The molecule has 0 aliphatic heterocycles. The maximum Gasteiger partial charge on any atom is 0.229 e. The van der Waals surface area contributed by atoms with Crippen LogP contribution >= 0.6 is 0 Å². The Morgan fingerprint density at radius 3 is 2.76 bits per heavy atom. The molecule has 0 aromatic carbocycles. The van der Waals surface area contributed by atoms with Crippen molar-refractivity contribution >= 4 is 6.29 Å². The lowest BCUT2D eigenvalue weighted by Crippen LogP contribution is -1.99. The van der Waals surface area contributed by atoms with Gasteiger partial charge in [0, 0.05) is 12.6 Å². The van der Waals surface area contributed by atoms with Gasteiger partial charge in [-0.3, -0.25) is 4.79 Å². The van der Waals surface area contributed by atoms with Crippen LogP contribution in [-0.4, -0.2) is 11.3 Å². The second-order valence-electron chi connectivity index (χ2n) is 3.85. The van der Waals surface area contributed by atoms with Gasteiger partial charge in [0.1, 0.15) is 5.76 Å². The van der Waals surface area contributed by atoms with E-state index in [1.807, 2.05) is 32.9 Å². The number of carbonyl (C=O) groups excluding carboxylic acids is 1. The Balaban J connectivity index is 2.91. The minimum atomic E-state index is 0.359. The fraction of sp³-hybridized carbons (Fsp3) is 0.286. The maximum atomic E-state index is 10.8. The average Bonchev–Trinajstić information content (AvgIpc) is 2.34. The maximum absolute atomic E-state index is 10.8. The van der Waals surface area contributed by atoms with Crippen LogP contribution in [0, 0.1) is 0 Å². The molecule has 1 aromatic heterocycles. The molecule has 0 bridgehead atoms. The van der Waals surface area contributed by atoms with Gasteiger partial charge in [0.2, 0.25) is 5.88 Å². The lowest BCUT2D eigenvalue weighted by Gasteiger charge is -2.08. The molecule has 0 amide bonds. The minimum absolute atomic E-state index is 0.359. The second kappa shape index (κ2) is 6.63. The van der Waals surface area contributed by atoms with Crippen LogP contribution in [0.5, 0.6) is 5.88 Å². The highest BCUT2D eigenvalue weighted by atomic mass is 16.5. The number of aldehydes is 1. The molecule has 0 saturated carbocycles. The van der Waals surface area contributed by atoms with Crippen LogP contribution in [0.4, 0.5) is 0 Å². The van der Waals surface area contributed by atoms with Crippen LogP contribution in [0.15, 0.2) is 41.8 Å². The molecule has 0 aliphatic carbocycles. The van der Waals surface area contributed by atoms with Crippen LogP contribution in [0.2, 0.25) is 0 Å². The minimum Gasteiger partial charge on any atom is -0.443 e. The highest BCUT2D eigenvalue weighted by Gasteiger charge is 2.05. The summed E-state index contributed by atoms with van der Waals surface area (Å²) in [7, 11) is 0. The fourth-order valence-electron chi connectivity index (χ4n) is 1.19. The van der Waals surface area contributed by atoms with Gasteiger partial charge < -0.3 is 4.74 Å². The van der Waals surface area contributed by atoms with E-state index in [0.29, 0.717) is 11.4 Å². The van der Waals surface area contributed by atoms with Crippen LogP contribution in [0.1, 0.15) is 37.6 Å². The van der Waals surface area contributed by atoms with E-state index >= 15 is 0 Å². The monoisotopic (exact) mass is 231 g/mol. The molecule has 17 heavy (non-hydrogen) atoms. The number of ether oxygens (including phenoxy) is 1. The molecule has 0 atom stereocenters. The molecule has 0 saturated heterocycles. The molecule has 3 heteroatoms. The number of hydrogen-bond donors (Lipinski definition) is 0. The quantitative estimate of drug-likeness (QED) is 0.442. The van der Waals surface area contributed by atoms with Crippen molar-refractivity contribution in [2.75, 3.05) is 0 Å². The topological polar surface area (TPSA) is 39.2 Å². The van der Waals surface area contributed by atoms with E-state index in [1.165, 1.54) is 5.57 Å². The van der Waals surface area contributed by atoms with Crippen LogP contribution < -0.4 is 4.74 Å². The molecule has 0 spiro atoms. The van der Waals surface area contributed by atoms with Gasteiger partial charge in [0.05, 0.1) is 5.56 Å². The van der Waals surface area contributed by atoms with Crippen molar-refractivity contribution in [3.05, 3.63) is 47.4 Å². The summed E-state index contributed by atoms with van der Waals surface area (Å²) >= 11 is 0. The first-order valence-electron chi connectivity index (χ1n) is 5.59. The van der Waals surface area contributed by atoms with E-state index in [1.54, 1.807) is 18.3 Å². The van der Waals surface area contributed by atoms with Crippen molar-refractivity contribution in [2.24, 2.45) is 0 Å². The smallest absolute Gasteiger partial charge is 0.229 e. The first-order valence-corrected chi connectivity index (χ1v) is 5.59. The highest BCUT2D eigenvalue weighted by Crippen LogP contribution is 2.16. The first kappa shape index (κ1) is 13.2. The van der Waals surface area contributed by atoms with E-state index in [2.05, 4.69) is 4.98 Å². The van der Waals surface area contributed by atoms with Crippen molar-refractivity contribution in [1.29, 1.82) is 0 Å². The number of aromatic nitrogens is 1. The molecule has 0 radical (unpaired) electrons. The third-order valence-electron chi connectivity index (χ3n) is 2.11. The Bertz CT molecular complexity index is 443. The summed E-state index contributed by atoms with van der Waals surface area (Å²) in [4.78, 5) is 14.9. The van der Waals surface area contributed by atoms with E-state index in [4.69, 9.17) is 4.74 Å². The van der Waals surface area contributed by atoms with Gasteiger partial charge in [-0.25, -0.2) is 4.98 Å². The SMILES string of the molecule is CC/C(=C\C=C(C)C)Oc1ncccc1C=O. The van der Waals surface area contributed by atoms with Gasteiger partial charge in [-0.15, -0.1) is 0 Å². The van der Waals surface area contributed by atoms with Crippen molar-refractivity contribution < 1.29 is 9.53 Å². The molecule has 3 nitrogen and oxygen atoms in total. The van der Waals surface area contributed by atoms with Crippen LogP contribution in [0.25, 0.3) is 0 Å². The van der Waals surface area contributed by atoms with Gasteiger partial charge in [0.15, 0.2) is 6.29 Å². The van der Waals surface area contributed by atoms with Gasteiger partial charge in [-0.05, 0) is 32.1 Å². The Morgan fingerprint density at radius 2 is 2.18 bits per heavy atom. The van der Waals surface area contributed by atoms with E-state index in [0.717, 1.165) is 18.5 Å². The molecular weight excluding hydrogens is 214 g/mol. The van der Waals surface area contributed by atoms with Gasteiger partial charge in [0.25, 0.3) is 0 Å². The highest BCUT2D eigenvalue weighted by molar-refractivity contribution is 5.78. The summed E-state index contributed by atoms with van der Waals surface area (Å²) in [5.74, 6) is 1.14. The Morgan fingerprint density at radius 1 is 1.41 bits per heavy atom. The third-order valence-corrected chi connectivity index (χ3v) is 2.11. The molecule has 0 aliphatic rings. The Kier molecular flexibility index (Phi) is 5.14. The zero-order chi connectivity index (χ0) is 12.7. The first-order chi connectivity index (χ1) is 8.17. The largest absolute Gasteiger partial charge is 0.443 e. The fourth-order valence-corrected chi connectivity index (χ4v) is 1.19. The summed E-state index contributed by atoms with van der Waals surface area (Å²) in [6, 6.07) is 3.39. The number of rotatable bonds is 5. The van der Waals surface area contributed by atoms with E-state index < -0.39 is 0 Å². The Labute approximate surface area is 102 Å². The second-order valence-corrected chi connectivity index (χ2v) is 3.85. The van der Waals surface area contributed by atoms with Crippen molar-refractivity contribution in [2.45, 2.75) is 27.2 Å². The van der Waals surface area contributed by atoms with Crippen LogP contribution in [-0.2, 0) is 0 Å². The lowest BCUT2D eigenvalue weighted by atomic mass is 10.2. The van der Waals surface area contributed by atoms with E-state index in [-0.39, 0.29) is 0 Å². The summed E-state index contributed by atoms with van der Waals surface area (Å²) in [6.45, 7) is 6.02. The number of carbonyl (C=O) groups is 1. The van der Waals surface area contributed by atoms with Gasteiger partial charge in [-0.1, -0.05) is 18.6 Å². The number of hydrogen-bond acceptors (Lipinski definition) is 3. The molecule has 90 valence electrons.